The quantitative estimate of drug-likeness (QED) is 0.237. The van der Waals surface area contributed by atoms with Crippen LogP contribution in [0.2, 0.25) is 0 Å². The zero-order valence-electron chi connectivity index (χ0n) is 15.5. The van der Waals surface area contributed by atoms with E-state index in [1.165, 1.54) is 0 Å². The van der Waals surface area contributed by atoms with Gasteiger partial charge in [0.1, 0.15) is 17.0 Å². The molecule has 7 nitrogen and oxygen atoms in total. The lowest BCUT2D eigenvalue weighted by Crippen LogP contribution is -2.32. The Bertz CT molecular complexity index is 1110. The Labute approximate surface area is 178 Å². The summed E-state index contributed by atoms with van der Waals surface area (Å²) in [5.74, 6) is 1.86. The number of fused-ring (bicyclic) bond motifs is 1. The number of benzene rings is 1. The second kappa shape index (κ2) is 9.70. The van der Waals surface area contributed by atoms with Crippen LogP contribution >= 0.6 is 30.7 Å². The minimum atomic E-state index is -4.45. The van der Waals surface area contributed by atoms with Crippen molar-refractivity contribution in [3.05, 3.63) is 60.4 Å². The number of hydrogen-bond acceptors (Lipinski definition) is 5. The molecule has 0 aliphatic carbocycles. The highest BCUT2D eigenvalue weighted by molar-refractivity contribution is 7.98. The van der Waals surface area contributed by atoms with Crippen molar-refractivity contribution >= 4 is 50.8 Å². The lowest BCUT2D eigenvalue weighted by molar-refractivity contribution is -0.696. The fraction of sp³-hybridized carbons (Fsp3) is 0.278. The van der Waals surface area contributed by atoms with Crippen LogP contribution in [0.3, 0.4) is 0 Å². The number of aryl methyl sites for hydroxylation is 1. The van der Waals surface area contributed by atoms with E-state index in [0.717, 1.165) is 51.5 Å². The van der Waals surface area contributed by atoms with Crippen LogP contribution in [0.25, 0.3) is 10.1 Å². The van der Waals surface area contributed by atoms with Crippen molar-refractivity contribution in [1.29, 1.82) is 0 Å². The van der Waals surface area contributed by atoms with Crippen molar-refractivity contribution < 1.29 is 27.3 Å². The van der Waals surface area contributed by atoms with Gasteiger partial charge >= 0.3 is 7.60 Å². The van der Waals surface area contributed by atoms with E-state index < -0.39 is 23.9 Å². The molecular weight excluding hydrogens is 451 g/mol. The summed E-state index contributed by atoms with van der Waals surface area (Å²) in [6.45, 7) is 0.972. The number of nitrogens with one attached hydrogen (secondary N) is 1. The molecule has 0 aliphatic heterocycles. The smallest absolute Gasteiger partial charge is 0.324 e. The van der Waals surface area contributed by atoms with Crippen LogP contribution in [0.1, 0.15) is 12.0 Å². The molecular formula is C18H22N2O5PS3+. The Balaban J connectivity index is 1.56. The molecule has 0 spiro atoms. The third-order valence-electron chi connectivity index (χ3n) is 4.03. The first-order valence-corrected chi connectivity index (χ1v) is 14.1. The Morgan fingerprint density at radius 2 is 1.90 bits per heavy atom. The summed E-state index contributed by atoms with van der Waals surface area (Å²) >= 11 is 2.91. The largest absolute Gasteiger partial charge is 0.340 e. The molecule has 3 rings (SSSR count). The zero-order valence-corrected chi connectivity index (χ0v) is 18.8. The topological polar surface area (TPSA) is 108 Å². The maximum atomic E-state index is 12.2. The number of aromatic nitrogens is 1. The lowest BCUT2D eigenvalue weighted by Gasteiger charge is -2.05. The molecule has 11 heteroatoms. The van der Waals surface area contributed by atoms with Gasteiger partial charge in [-0.15, -0.1) is 11.3 Å². The molecule has 156 valence electrons. The van der Waals surface area contributed by atoms with Gasteiger partial charge in [0.25, 0.3) is 10.0 Å². The predicted octanol–water partition coefficient (Wildman–Crippen LogP) is 2.93. The number of pyridine rings is 1. The maximum Gasteiger partial charge on any atom is 0.340 e. The number of hydrogen-bond donors (Lipinski definition) is 3. The Hall–Kier alpha value is -1.26. The number of nitrogens with zero attached hydrogens (tertiary/aromatic N) is 1. The van der Waals surface area contributed by atoms with Crippen molar-refractivity contribution in [3.63, 3.8) is 0 Å². The van der Waals surface area contributed by atoms with Gasteiger partial charge in [-0.2, -0.15) is 16.5 Å². The highest BCUT2D eigenvalue weighted by Gasteiger charge is 2.22. The molecule has 0 saturated heterocycles. The minimum absolute atomic E-state index is 0.0469. The van der Waals surface area contributed by atoms with Crippen LogP contribution in [0.5, 0.6) is 0 Å². The van der Waals surface area contributed by atoms with Gasteiger partial charge in [-0.1, -0.05) is 12.1 Å². The molecule has 2 aromatic heterocycles. The fourth-order valence-electron chi connectivity index (χ4n) is 2.65. The van der Waals surface area contributed by atoms with Gasteiger partial charge in [-0.05, 0) is 34.9 Å². The van der Waals surface area contributed by atoms with Gasteiger partial charge in [-0.3, -0.25) is 4.57 Å². The standard InChI is InChI=1S/C18H21N2O5PS3/c21-26(22,23)14-19-29(24,25)18-12-16-11-15(5-6-17(16)28-18)13-27-10-4-9-20-7-2-1-3-8-20/h1-3,5-8,11-12,19H,4,9-10,13-14H2,(H-,21,22,23)/p+1. The summed E-state index contributed by atoms with van der Waals surface area (Å²) in [6.07, 6.45) is 4.26. The lowest BCUT2D eigenvalue weighted by atomic mass is 10.2. The van der Waals surface area contributed by atoms with E-state index in [1.54, 1.807) is 6.07 Å². The van der Waals surface area contributed by atoms with Crippen molar-refractivity contribution in [1.82, 2.24) is 4.72 Å². The first kappa shape index (κ1) is 22.4. The van der Waals surface area contributed by atoms with E-state index in [0.29, 0.717) is 0 Å². The number of rotatable bonds is 10. The van der Waals surface area contributed by atoms with Gasteiger partial charge in [0.2, 0.25) is 0 Å². The Kier molecular flexibility index (Phi) is 7.50. The SMILES string of the molecule is O=P(O)(O)CNS(=O)(=O)c1cc2cc(CSCCC[n+]3ccccc3)ccc2s1. The van der Waals surface area contributed by atoms with Gasteiger partial charge in [0, 0.05) is 29.0 Å². The molecule has 0 amide bonds. The van der Waals surface area contributed by atoms with Gasteiger partial charge in [0.05, 0.1) is 0 Å². The highest BCUT2D eigenvalue weighted by atomic mass is 32.2. The second-order valence-electron chi connectivity index (χ2n) is 6.43. The summed E-state index contributed by atoms with van der Waals surface area (Å²) in [4.78, 5) is 17.7. The summed E-state index contributed by atoms with van der Waals surface area (Å²) in [5, 5.41) is 0.810. The maximum absolute atomic E-state index is 12.2. The van der Waals surface area contributed by atoms with E-state index in [1.807, 2.05) is 52.9 Å². The third-order valence-corrected chi connectivity index (χ3v) is 8.92. The molecule has 0 unspecified atom stereocenters. The third kappa shape index (κ3) is 6.89. The average Bonchev–Trinajstić information content (AvgIpc) is 3.11. The van der Waals surface area contributed by atoms with E-state index in [4.69, 9.17) is 9.79 Å². The molecule has 0 saturated carbocycles. The van der Waals surface area contributed by atoms with E-state index in [2.05, 4.69) is 17.0 Å². The summed E-state index contributed by atoms with van der Waals surface area (Å²) in [7, 11) is -8.40. The van der Waals surface area contributed by atoms with Crippen LogP contribution < -0.4 is 9.29 Å². The monoisotopic (exact) mass is 473 g/mol. The molecule has 0 fully saturated rings. The minimum Gasteiger partial charge on any atom is -0.324 e. The van der Waals surface area contributed by atoms with Gasteiger partial charge < -0.3 is 9.79 Å². The van der Waals surface area contributed by atoms with Crippen LogP contribution in [0.15, 0.2) is 59.1 Å². The van der Waals surface area contributed by atoms with Gasteiger partial charge in [0.15, 0.2) is 12.4 Å². The number of sulfonamides is 1. The molecule has 2 heterocycles. The number of thioether (sulfide) groups is 1. The summed E-state index contributed by atoms with van der Waals surface area (Å²) in [6, 6.07) is 13.4. The van der Waals surface area contributed by atoms with Crippen LogP contribution in [-0.2, 0) is 26.9 Å². The molecule has 0 atom stereocenters. The molecule has 29 heavy (non-hydrogen) atoms. The number of thiophene rings is 1. The zero-order chi connectivity index (χ0) is 20.9. The summed E-state index contributed by atoms with van der Waals surface area (Å²) in [5.41, 5.74) is 1.11. The van der Waals surface area contributed by atoms with Crippen LogP contribution in [-0.4, -0.2) is 30.2 Å². The average molecular weight is 474 g/mol. The van der Waals surface area contributed by atoms with Crippen molar-refractivity contribution in [2.24, 2.45) is 0 Å². The Morgan fingerprint density at radius 3 is 2.62 bits per heavy atom. The molecule has 0 bridgehead atoms. The summed E-state index contributed by atoms with van der Waals surface area (Å²) < 4.78 is 40.4. The van der Waals surface area contributed by atoms with E-state index in [9.17, 15) is 13.0 Å². The highest BCUT2D eigenvalue weighted by Crippen LogP contribution is 2.34. The first-order chi connectivity index (χ1) is 13.7. The molecule has 0 radical (unpaired) electrons. The second-order valence-corrected chi connectivity index (χ2v) is 12.3. The van der Waals surface area contributed by atoms with Crippen molar-refractivity contribution in [2.45, 2.75) is 22.9 Å². The van der Waals surface area contributed by atoms with Crippen LogP contribution in [0, 0.1) is 0 Å². The Morgan fingerprint density at radius 1 is 1.14 bits per heavy atom. The molecule has 3 aromatic rings. The fourth-order valence-corrected chi connectivity index (χ4v) is 6.98. The van der Waals surface area contributed by atoms with Crippen molar-refractivity contribution in [2.75, 3.05) is 12.0 Å². The molecule has 1 aromatic carbocycles. The molecule has 3 N–H and O–H groups in total. The predicted molar refractivity (Wildman–Crippen MR) is 116 cm³/mol. The molecule has 0 aliphatic rings. The van der Waals surface area contributed by atoms with Crippen LogP contribution in [0.4, 0.5) is 0 Å². The van der Waals surface area contributed by atoms with Crippen molar-refractivity contribution in [3.8, 4) is 0 Å². The normalized spacial score (nSPS) is 12.5. The van der Waals surface area contributed by atoms with E-state index >= 15 is 0 Å². The van der Waals surface area contributed by atoms with Gasteiger partial charge in [-0.25, -0.2) is 13.0 Å². The first-order valence-electron chi connectivity index (χ1n) is 8.81. The van der Waals surface area contributed by atoms with E-state index in [-0.39, 0.29) is 4.21 Å².